The highest BCUT2D eigenvalue weighted by Crippen LogP contribution is 2.29. The highest BCUT2D eigenvalue weighted by Gasteiger charge is 2.26. The lowest BCUT2D eigenvalue weighted by Gasteiger charge is -2.29. The maximum absolute atomic E-state index is 12.5. The van der Waals surface area contributed by atoms with Crippen molar-refractivity contribution in [2.24, 2.45) is 0 Å². The van der Waals surface area contributed by atoms with Crippen LogP contribution in [0.3, 0.4) is 0 Å². The number of aromatic nitrogens is 2. The molecule has 3 rings (SSSR count). The number of para-hydroxylation sites is 2. The Morgan fingerprint density at radius 2 is 2.11 bits per heavy atom. The number of esters is 1. The van der Waals surface area contributed by atoms with Gasteiger partial charge >= 0.3 is 5.97 Å². The molecule has 0 saturated carbocycles. The second-order valence-corrected chi connectivity index (χ2v) is 6.06. The van der Waals surface area contributed by atoms with Crippen molar-refractivity contribution in [3.05, 3.63) is 36.0 Å². The van der Waals surface area contributed by atoms with Gasteiger partial charge in [-0.3, -0.25) is 14.4 Å². The van der Waals surface area contributed by atoms with Crippen LogP contribution in [0.4, 0.5) is 11.4 Å². The van der Waals surface area contributed by atoms with Crippen LogP contribution >= 0.6 is 0 Å². The number of nitrogens with zero attached hydrogens (tertiary/aromatic N) is 3. The standard InChI is InChI=1S/C18H20N4O5/c1-2-5-14-20-16(27-21-14)11-26-18(25)9-8-17(24)22-10-15(23)19-12-6-3-4-7-13(12)22/h3-4,6-7H,2,5,8-11H2,1H3,(H,19,23). The van der Waals surface area contributed by atoms with Gasteiger partial charge in [0, 0.05) is 12.8 Å². The first-order valence-corrected chi connectivity index (χ1v) is 8.73. The fourth-order valence-corrected chi connectivity index (χ4v) is 2.69. The van der Waals surface area contributed by atoms with Crippen LogP contribution in [-0.2, 0) is 32.1 Å². The van der Waals surface area contributed by atoms with Crippen molar-refractivity contribution in [3.8, 4) is 0 Å². The predicted octanol–water partition coefficient (Wildman–Crippen LogP) is 1.83. The summed E-state index contributed by atoms with van der Waals surface area (Å²) < 4.78 is 10.0. The molecule has 0 bridgehead atoms. The van der Waals surface area contributed by atoms with Crippen molar-refractivity contribution in [1.29, 1.82) is 0 Å². The van der Waals surface area contributed by atoms with Gasteiger partial charge in [-0.25, -0.2) is 0 Å². The lowest BCUT2D eigenvalue weighted by atomic mass is 10.1. The molecule has 0 saturated heterocycles. The fraction of sp³-hybridized carbons (Fsp3) is 0.389. The van der Waals surface area contributed by atoms with E-state index in [1.807, 2.05) is 6.92 Å². The maximum atomic E-state index is 12.5. The van der Waals surface area contributed by atoms with Crippen LogP contribution < -0.4 is 10.2 Å². The monoisotopic (exact) mass is 372 g/mol. The number of ether oxygens (including phenoxy) is 1. The smallest absolute Gasteiger partial charge is 0.306 e. The Hall–Kier alpha value is -3.23. The minimum absolute atomic E-state index is 0.0641. The van der Waals surface area contributed by atoms with E-state index >= 15 is 0 Å². The molecule has 1 aliphatic rings. The summed E-state index contributed by atoms with van der Waals surface area (Å²) in [5.41, 5.74) is 1.19. The number of benzene rings is 1. The quantitative estimate of drug-likeness (QED) is 0.737. The zero-order valence-corrected chi connectivity index (χ0v) is 14.9. The molecule has 9 nitrogen and oxygen atoms in total. The first-order valence-electron chi connectivity index (χ1n) is 8.73. The molecular formula is C18H20N4O5. The van der Waals surface area contributed by atoms with E-state index in [4.69, 9.17) is 9.26 Å². The molecule has 1 N–H and O–H groups in total. The van der Waals surface area contributed by atoms with Crippen molar-refractivity contribution in [2.75, 3.05) is 16.8 Å². The average molecular weight is 372 g/mol. The SMILES string of the molecule is CCCc1noc(COC(=O)CCC(=O)N2CC(=O)Nc3ccccc32)n1. The van der Waals surface area contributed by atoms with Crippen LogP contribution in [-0.4, -0.2) is 34.5 Å². The average Bonchev–Trinajstić information content (AvgIpc) is 3.11. The molecule has 0 fully saturated rings. The van der Waals surface area contributed by atoms with Crippen LogP contribution in [0.15, 0.2) is 28.8 Å². The summed E-state index contributed by atoms with van der Waals surface area (Å²) in [5, 5.41) is 6.48. The normalized spacial score (nSPS) is 13.1. The lowest BCUT2D eigenvalue weighted by molar-refractivity contribution is -0.146. The Balaban J connectivity index is 1.50. The zero-order valence-electron chi connectivity index (χ0n) is 14.9. The van der Waals surface area contributed by atoms with E-state index in [-0.39, 0.29) is 43.7 Å². The summed E-state index contributed by atoms with van der Waals surface area (Å²) >= 11 is 0. The number of carbonyl (C=O) groups is 3. The predicted molar refractivity (Wildman–Crippen MR) is 94.7 cm³/mol. The third-order valence-electron chi connectivity index (χ3n) is 3.96. The minimum atomic E-state index is -0.548. The van der Waals surface area contributed by atoms with E-state index in [9.17, 15) is 14.4 Å². The molecule has 2 heterocycles. The molecule has 1 aromatic heterocycles. The summed E-state index contributed by atoms with van der Waals surface area (Å²) in [6, 6.07) is 7.02. The molecule has 0 unspecified atom stereocenters. The van der Waals surface area contributed by atoms with Crippen molar-refractivity contribution in [1.82, 2.24) is 10.1 Å². The summed E-state index contributed by atoms with van der Waals surface area (Å²) in [6.45, 7) is 1.79. The lowest BCUT2D eigenvalue weighted by Crippen LogP contribution is -2.42. The number of anilines is 2. The molecule has 0 radical (unpaired) electrons. The first-order chi connectivity index (χ1) is 13.1. The third-order valence-corrected chi connectivity index (χ3v) is 3.96. The molecule has 1 aliphatic heterocycles. The highest BCUT2D eigenvalue weighted by atomic mass is 16.6. The number of rotatable bonds is 7. The Morgan fingerprint density at radius 1 is 1.30 bits per heavy atom. The second-order valence-electron chi connectivity index (χ2n) is 6.06. The fourth-order valence-electron chi connectivity index (χ4n) is 2.69. The van der Waals surface area contributed by atoms with Gasteiger partial charge in [-0.05, 0) is 18.6 Å². The second kappa shape index (κ2) is 8.43. The zero-order chi connectivity index (χ0) is 19.2. The minimum Gasteiger partial charge on any atom is -0.456 e. The van der Waals surface area contributed by atoms with Gasteiger partial charge in [0.1, 0.15) is 6.54 Å². The van der Waals surface area contributed by atoms with Gasteiger partial charge in [0.15, 0.2) is 12.4 Å². The number of hydrogen-bond acceptors (Lipinski definition) is 7. The van der Waals surface area contributed by atoms with Gasteiger partial charge in [0.05, 0.1) is 17.8 Å². The third kappa shape index (κ3) is 4.69. The van der Waals surface area contributed by atoms with Crippen LogP contribution in [0.5, 0.6) is 0 Å². The van der Waals surface area contributed by atoms with Crippen LogP contribution in [0.25, 0.3) is 0 Å². The summed E-state index contributed by atoms with van der Waals surface area (Å²) in [4.78, 5) is 41.6. The van der Waals surface area contributed by atoms with Gasteiger partial charge in [0.25, 0.3) is 5.89 Å². The highest BCUT2D eigenvalue weighted by molar-refractivity contribution is 6.10. The Morgan fingerprint density at radius 3 is 2.93 bits per heavy atom. The van der Waals surface area contributed by atoms with E-state index in [0.29, 0.717) is 23.6 Å². The molecule has 142 valence electrons. The number of aryl methyl sites for hydroxylation is 1. The molecule has 2 aromatic rings. The molecule has 0 aliphatic carbocycles. The van der Waals surface area contributed by atoms with Crippen molar-refractivity contribution in [3.63, 3.8) is 0 Å². The number of hydrogen-bond donors (Lipinski definition) is 1. The van der Waals surface area contributed by atoms with E-state index in [2.05, 4.69) is 15.5 Å². The number of amides is 2. The Kier molecular flexibility index (Phi) is 5.80. The van der Waals surface area contributed by atoms with Gasteiger partial charge in [-0.15, -0.1) is 0 Å². The Labute approximate surface area is 155 Å². The maximum Gasteiger partial charge on any atom is 0.306 e. The number of carbonyl (C=O) groups excluding carboxylic acids is 3. The Bertz CT molecular complexity index is 848. The van der Waals surface area contributed by atoms with Gasteiger partial charge in [0.2, 0.25) is 11.8 Å². The summed E-state index contributed by atoms with van der Waals surface area (Å²) in [6.07, 6.45) is 1.41. The molecular weight excluding hydrogens is 352 g/mol. The van der Waals surface area contributed by atoms with Crippen molar-refractivity contribution >= 4 is 29.2 Å². The van der Waals surface area contributed by atoms with Crippen molar-refractivity contribution < 1.29 is 23.6 Å². The molecule has 0 spiro atoms. The van der Waals surface area contributed by atoms with Crippen molar-refractivity contribution in [2.45, 2.75) is 39.2 Å². The van der Waals surface area contributed by atoms with Crippen LogP contribution in [0.1, 0.15) is 37.9 Å². The van der Waals surface area contributed by atoms with Gasteiger partial charge in [-0.1, -0.05) is 24.2 Å². The topological polar surface area (TPSA) is 115 Å². The van der Waals surface area contributed by atoms with E-state index in [0.717, 1.165) is 6.42 Å². The van der Waals surface area contributed by atoms with E-state index in [1.54, 1.807) is 24.3 Å². The molecule has 9 heteroatoms. The molecule has 1 aromatic carbocycles. The van der Waals surface area contributed by atoms with Gasteiger partial charge in [-0.2, -0.15) is 4.98 Å². The largest absolute Gasteiger partial charge is 0.456 e. The van der Waals surface area contributed by atoms with Crippen LogP contribution in [0.2, 0.25) is 0 Å². The number of nitrogens with one attached hydrogen (secondary N) is 1. The first kappa shape index (κ1) is 18.6. The van der Waals surface area contributed by atoms with Crippen LogP contribution in [0, 0.1) is 0 Å². The van der Waals surface area contributed by atoms with E-state index < -0.39 is 5.97 Å². The number of fused-ring (bicyclic) bond motifs is 1. The summed E-state index contributed by atoms with van der Waals surface area (Å²) in [5.74, 6) is -0.352. The molecule has 0 atom stereocenters. The van der Waals surface area contributed by atoms with Gasteiger partial charge < -0.3 is 19.5 Å². The molecule has 2 amide bonds. The molecule has 27 heavy (non-hydrogen) atoms. The van der Waals surface area contributed by atoms with E-state index in [1.165, 1.54) is 4.90 Å². The summed E-state index contributed by atoms with van der Waals surface area (Å²) in [7, 11) is 0.